The first-order chi connectivity index (χ1) is 18.5. The number of nitrogens with one attached hydrogen (secondary N) is 2. The van der Waals surface area contributed by atoms with Crippen molar-refractivity contribution in [1.82, 2.24) is 9.88 Å². The number of amides is 1. The molecule has 2 heterocycles. The standard InChI is InChI=1S/C26H25F2N5O6/c1-12-9-31(10-13(2)29-12)23-19(27)21(30-25(35)14-3-5-16(6-4-14)33(38)39)18-22(20(23)28)32(15-7-8-15)11-17(24(18)34)26(36)37/h3-6,11-13,15,29H,7-10H2,1-2H3,(H,30,35)(H,36,37). The molecule has 2 fully saturated rings. The van der Waals surface area contributed by atoms with E-state index in [1.165, 1.54) is 9.47 Å². The second-order valence-corrected chi connectivity index (χ2v) is 10.0. The molecule has 204 valence electrons. The maximum Gasteiger partial charge on any atom is 0.341 e. The second kappa shape index (κ2) is 9.73. The summed E-state index contributed by atoms with van der Waals surface area (Å²) in [5.74, 6) is -4.71. The summed E-state index contributed by atoms with van der Waals surface area (Å²) >= 11 is 0. The molecule has 1 aliphatic heterocycles. The molecule has 2 atom stereocenters. The van der Waals surface area contributed by atoms with Crippen molar-refractivity contribution in [3.05, 3.63) is 73.6 Å². The molecular weight excluding hydrogens is 516 g/mol. The van der Waals surface area contributed by atoms with Gasteiger partial charge in [-0.3, -0.25) is 19.7 Å². The Kier molecular flexibility index (Phi) is 6.54. The van der Waals surface area contributed by atoms with Crippen LogP contribution in [0.2, 0.25) is 0 Å². The topological polar surface area (TPSA) is 147 Å². The molecule has 1 saturated heterocycles. The van der Waals surface area contributed by atoms with Crippen molar-refractivity contribution < 1.29 is 28.4 Å². The van der Waals surface area contributed by atoms with E-state index in [0.29, 0.717) is 12.8 Å². The lowest BCUT2D eigenvalue weighted by atomic mass is 10.0. The first-order valence-corrected chi connectivity index (χ1v) is 12.4. The van der Waals surface area contributed by atoms with Crippen molar-refractivity contribution in [3.63, 3.8) is 0 Å². The summed E-state index contributed by atoms with van der Waals surface area (Å²) in [7, 11) is 0. The van der Waals surface area contributed by atoms with E-state index < -0.39 is 56.2 Å². The number of rotatable bonds is 6. The molecule has 0 bridgehead atoms. The third-order valence-corrected chi connectivity index (χ3v) is 6.95. The molecule has 1 aliphatic carbocycles. The van der Waals surface area contributed by atoms with Gasteiger partial charge in [-0.15, -0.1) is 0 Å². The normalized spacial score (nSPS) is 19.2. The first-order valence-electron chi connectivity index (χ1n) is 12.4. The van der Waals surface area contributed by atoms with Gasteiger partial charge in [0.15, 0.2) is 11.6 Å². The number of hydrogen-bond donors (Lipinski definition) is 3. The van der Waals surface area contributed by atoms with Gasteiger partial charge in [-0.2, -0.15) is 0 Å². The molecule has 39 heavy (non-hydrogen) atoms. The zero-order chi connectivity index (χ0) is 28.2. The van der Waals surface area contributed by atoms with Crippen molar-refractivity contribution in [2.45, 2.75) is 44.8 Å². The largest absolute Gasteiger partial charge is 0.477 e. The minimum absolute atomic E-state index is 0.0830. The molecule has 11 nitrogen and oxygen atoms in total. The number of nitro benzene ring substituents is 1. The van der Waals surface area contributed by atoms with Crippen molar-refractivity contribution in [2.75, 3.05) is 23.3 Å². The maximum absolute atomic E-state index is 16.3. The number of halogens is 2. The van der Waals surface area contributed by atoms with Crippen LogP contribution in [0.3, 0.4) is 0 Å². The van der Waals surface area contributed by atoms with Gasteiger partial charge in [0, 0.05) is 55.1 Å². The SMILES string of the molecule is CC1CN(c2c(F)c(NC(=O)c3ccc([N+](=O)[O-])cc3)c3c(=O)c(C(=O)O)cn(C4CC4)c3c2F)CC(C)N1. The van der Waals surface area contributed by atoms with Crippen LogP contribution in [-0.4, -0.2) is 51.6 Å². The summed E-state index contributed by atoms with van der Waals surface area (Å²) in [6.45, 7) is 4.19. The number of piperazine rings is 1. The number of carbonyl (C=O) groups excluding carboxylic acids is 1. The maximum atomic E-state index is 16.3. The predicted molar refractivity (Wildman–Crippen MR) is 139 cm³/mol. The van der Waals surface area contributed by atoms with Gasteiger partial charge in [0.25, 0.3) is 11.6 Å². The van der Waals surface area contributed by atoms with E-state index in [4.69, 9.17) is 0 Å². The highest BCUT2D eigenvalue weighted by Gasteiger charge is 2.35. The average Bonchev–Trinajstić information content (AvgIpc) is 3.71. The van der Waals surface area contributed by atoms with Crippen LogP contribution in [0.4, 0.5) is 25.8 Å². The van der Waals surface area contributed by atoms with Crippen LogP contribution >= 0.6 is 0 Å². The van der Waals surface area contributed by atoms with E-state index in [2.05, 4.69) is 10.6 Å². The summed E-state index contributed by atoms with van der Waals surface area (Å²) < 4.78 is 34.0. The monoisotopic (exact) mass is 541 g/mol. The van der Waals surface area contributed by atoms with Crippen LogP contribution in [0.15, 0.2) is 35.3 Å². The Balaban J connectivity index is 1.76. The zero-order valence-electron chi connectivity index (χ0n) is 21.0. The van der Waals surface area contributed by atoms with Crippen LogP contribution in [0.5, 0.6) is 0 Å². The number of aromatic carboxylic acids is 1. The lowest BCUT2D eigenvalue weighted by molar-refractivity contribution is -0.384. The summed E-state index contributed by atoms with van der Waals surface area (Å²) in [5.41, 5.74) is -3.55. The number of anilines is 2. The summed E-state index contributed by atoms with van der Waals surface area (Å²) in [6.07, 6.45) is 2.28. The molecule has 3 aromatic rings. The van der Waals surface area contributed by atoms with E-state index in [9.17, 15) is 29.6 Å². The fourth-order valence-electron chi connectivity index (χ4n) is 5.14. The van der Waals surface area contributed by atoms with Crippen molar-refractivity contribution >= 4 is 39.8 Å². The molecule has 0 spiro atoms. The zero-order valence-corrected chi connectivity index (χ0v) is 21.0. The molecule has 0 radical (unpaired) electrons. The number of hydrogen-bond acceptors (Lipinski definition) is 7. The van der Waals surface area contributed by atoms with Crippen molar-refractivity contribution in [1.29, 1.82) is 0 Å². The van der Waals surface area contributed by atoms with E-state index in [0.717, 1.165) is 30.5 Å². The average molecular weight is 542 g/mol. The van der Waals surface area contributed by atoms with E-state index >= 15 is 8.78 Å². The second-order valence-electron chi connectivity index (χ2n) is 10.0. The molecule has 2 aromatic carbocycles. The Morgan fingerprint density at radius 2 is 1.72 bits per heavy atom. The quantitative estimate of drug-likeness (QED) is 0.317. The minimum Gasteiger partial charge on any atom is -0.477 e. The van der Waals surface area contributed by atoms with E-state index in [1.54, 1.807) is 0 Å². The number of nitrogens with zero attached hydrogens (tertiary/aromatic N) is 3. The van der Waals surface area contributed by atoms with Gasteiger partial charge in [-0.1, -0.05) is 0 Å². The number of non-ortho nitro benzene ring substituents is 1. The highest BCUT2D eigenvalue weighted by atomic mass is 19.1. The molecule has 2 unspecified atom stereocenters. The molecule has 3 N–H and O–H groups in total. The fourth-order valence-corrected chi connectivity index (χ4v) is 5.14. The van der Waals surface area contributed by atoms with Gasteiger partial charge in [-0.05, 0) is 38.8 Å². The number of fused-ring (bicyclic) bond motifs is 1. The summed E-state index contributed by atoms with van der Waals surface area (Å²) in [5, 5.41) is 25.7. The van der Waals surface area contributed by atoms with Crippen LogP contribution in [0.25, 0.3) is 10.9 Å². The van der Waals surface area contributed by atoms with Gasteiger partial charge >= 0.3 is 5.97 Å². The number of carbonyl (C=O) groups is 2. The van der Waals surface area contributed by atoms with Crippen LogP contribution in [0, 0.1) is 21.7 Å². The number of pyridine rings is 1. The number of benzene rings is 2. The molecule has 5 rings (SSSR count). The van der Waals surface area contributed by atoms with Crippen LogP contribution in [0.1, 0.15) is 53.4 Å². The van der Waals surface area contributed by atoms with Gasteiger partial charge in [0.1, 0.15) is 11.3 Å². The lowest BCUT2D eigenvalue weighted by Crippen LogP contribution is -2.54. The predicted octanol–water partition coefficient (Wildman–Crippen LogP) is 3.66. The molecule has 1 amide bonds. The Labute approximate surface area is 220 Å². The summed E-state index contributed by atoms with van der Waals surface area (Å²) in [6, 6.07) is 3.95. The molecule has 1 saturated carbocycles. The molecular formula is C26H25F2N5O6. The van der Waals surface area contributed by atoms with Crippen molar-refractivity contribution in [3.8, 4) is 0 Å². The Bertz CT molecular complexity index is 1570. The first kappa shape index (κ1) is 26.2. The number of nitro groups is 1. The highest BCUT2D eigenvalue weighted by molar-refractivity contribution is 6.11. The summed E-state index contributed by atoms with van der Waals surface area (Å²) in [4.78, 5) is 50.2. The van der Waals surface area contributed by atoms with Crippen molar-refractivity contribution in [2.24, 2.45) is 0 Å². The smallest absolute Gasteiger partial charge is 0.341 e. The number of carboxylic acids is 1. The van der Waals surface area contributed by atoms with Gasteiger partial charge in [0.05, 0.1) is 21.5 Å². The van der Waals surface area contributed by atoms with Gasteiger partial charge in [-0.25, -0.2) is 13.6 Å². The Morgan fingerprint density at radius 1 is 1.10 bits per heavy atom. The van der Waals surface area contributed by atoms with Gasteiger partial charge in [0.2, 0.25) is 5.43 Å². The number of carboxylic acid groups (broad SMARTS) is 1. The molecule has 1 aromatic heterocycles. The van der Waals surface area contributed by atoms with E-state index in [1.807, 2.05) is 13.8 Å². The molecule has 13 heteroatoms. The number of aromatic nitrogens is 1. The van der Waals surface area contributed by atoms with Crippen LogP contribution < -0.4 is 21.0 Å². The third-order valence-electron chi connectivity index (χ3n) is 6.95. The lowest BCUT2D eigenvalue weighted by Gasteiger charge is -2.38. The van der Waals surface area contributed by atoms with Gasteiger partial charge < -0.3 is 25.2 Å². The highest BCUT2D eigenvalue weighted by Crippen LogP contribution is 2.42. The third kappa shape index (κ3) is 4.69. The molecule has 2 aliphatic rings. The fraction of sp³-hybridized carbons (Fsp3) is 0.346. The Morgan fingerprint density at radius 3 is 2.26 bits per heavy atom. The van der Waals surface area contributed by atoms with E-state index in [-0.39, 0.29) is 48.0 Å². The minimum atomic E-state index is -1.57. The Hall–Kier alpha value is -4.39. The van der Waals surface area contributed by atoms with Crippen LogP contribution in [-0.2, 0) is 0 Å².